The number of methoxy groups -OCH3 is 2. The van der Waals surface area contributed by atoms with Gasteiger partial charge in [-0.05, 0) is 24.3 Å². The van der Waals surface area contributed by atoms with Gasteiger partial charge in [0.05, 0.1) is 29.8 Å². The molecule has 0 aliphatic heterocycles. The smallest absolute Gasteiger partial charge is 0.130 e. The second-order valence-electron chi connectivity index (χ2n) is 3.63. The highest BCUT2D eigenvalue weighted by atomic mass is 35.5. The fraction of sp³-hybridized carbons (Fsp3) is 0.143. The molecular formula is C14H12Cl2O2. The molecule has 0 aliphatic carbocycles. The van der Waals surface area contributed by atoms with E-state index in [1.54, 1.807) is 32.4 Å². The molecule has 0 spiro atoms. The second kappa shape index (κ2) is 5.51. The zero-order chi connectivity index (χ0) is 13.1. The van der Waals surface area contributed by atoms with Crippen LogP contribution in [0.2, 0.25) is 10.0 Å². The monoisotopic (exact) mass is 282 g/mol. The average molecular weight is 283 g/mol. The van der Waals surface area contributed by atoms with Crippen molar-refractivity contribution >= 4 is 23.2 Å². The van der Waals surface area contributed by atoms with Gasteiger partial charge in [-0.2, -0.15) is 0 Å². The van der Waals surface area contributed by atoms with Gasteiger partial charge in [-0.1, -0.05) is 35.3 Å². The van der Waals surface area contributed by atoms with Gasteiger partial charge < -0.3 is 9.47 Å². The number of hydrogen-bond donors (Lipinski definition) is 0. The van der Waals surface area contributed by atoms with Gasteiger partial charge >= 0.3 is 0 Å². The number of ether oxygens (including phenoxy) is 2. The Hall–Kier alpha value is -1.38. The summed E-state index contributed by atoms with van der Waals surface area (Å²) in [5.41, 5.74) is 1.48. The van der Waals surface area contributed by atoms with Crippen molar-refractivity contribution in [2.45, 2.75) is 0 Å². The minimum atomic E-state index is 0.560. The molecule has 0 saturated heterocycles. The summed E-state index contributed by atoms with van der Waals surface area (Å²) in [6, 6.07) is 10.9. The summed E-state index contributed by atoms with van der Waals surface area (Å²) in [6.07, 6.45) is 0. The normalized spacial score (nSPS) is 10.2. The van der Waals surface area contributed by atoms with Gasteiger partial charge in [0, 0.05) is 5.56 Å². The van der Waals surface area contributed by atoms with E-state index in [2.05, 4.69) is 0 Å². The van der Waals surface area contributed by atoms with E-state index in [0.717, 1.165) is 11.1 Å². The molecular weight excluding hydrogens is 271 g/mol. The van der Waals surface area contributed by atoms with Crippen LogP contribution >= 0.6 is 23.2 Å². The molecule has 0 atom stereocenters. The van der Waals surface area contributed by atoms with E-state index in [1.165, 1.54) is 0 Å². The molecule has 2 aromatic carbocycles. The first-order valence-electron chi connectivity index (χ1n) is 5.34. The van der Waals surface area contributed by atoms with Crippen LogP contribution in [-0.2, 0) is 0 Å². The first-order chi connectivity index (χ1) is 8.69. The Kier molecular flexibility index (Phi) is 4.00. The van der Waals surface area contributed by atoms with Crippen LogP contribution in [0.3, 0.4) is 0 Å². The lowest BCUT2D eigenvalue weighted by Crippen LogP contribution is -1.94. The van der Waals surface area contributed by atoms with Crippen molar-refractivity contribution < 1.29 is 9.47 Å². The zero-order valence-electron chi connectivity index (χ0n) is 10.0. The summed E-state index contributed by atoms with van der Waals surface area (Å²) in [5.74, 6) is 1.34. The maximum absolute atomic E-state index is 6.23. The summed E-state index contributed by atoms with van der Waals surface area (Å²) >= 11 is 12.5. The highest BCUT2D eigenvalue weighted by molar-refractivity contribution is 6.39. The lowest BCUT2D eigenvalue weighted by molar-refractivity contribution is 0.397. The Morgan fingerprint density at radius 1 is 0.722 bits per heavy atom. The van der Waals surface area contributed by atoms with Gasteiger partial charge in [-0.25, -0.2) is 0 Å². The van der Waals surface area contributed by atoms with E-state index >= 15 is 0 Å². The number of halogens is 2. The molecule has 0 N–H and O–H groups in total. The first kappa shape index (κ1) is 13.1. The minimum Gasteiger partial charge on any atom is -0.496 e. The molecule has 2 aromatic rings. The van der Waals surface area contributed by atoms with Crippen LogP contribution in [0.5, 0.6) is 11.5 Å². The van der Waals surface area contributed by atoms with Crippen LogP contribution in [0.4, 0.5) is 0 Å². The summed E-state index contributed by atoms with van der Waals surface area (Å²) in [6.45, 7) is 0. The van der Waals surface area contributed by atoms with E-state index in [1.807, 2.05) is 18.2 Å². The number of benzene rings is 2. The molecule has 0 bridgehead atoms. The van der Waals surface area contributed by atoms with Gasteiger partial charge in [0.1, 0.15) is 11.5 Å². The summed E-state index contributed by atoms with van der Waals surface area (Å²) in [5, 5.41) is 1.12. The molecule has 0 aromatic heterocycles. The molecule has 94 valence electrons. The Morgan fingerprint density at radius 2 is 1.17 bits per heavy atom. The van der Waals surface area contributed by atoms with Crippen LogP contribution in [0.1, 0.15) is 0 Å². The topological polar surface area (TPSA) is 18.5 Å². The lowest BCUT2D eigenvalue weighted by atomic mass is 10.0. The van der Waals surface area contributed by atoms with Gasteiger partial charge in [0.15, 0.2) is 0 Å². The molecule has 0 radical (unpaired) electrons. The molecule has 0 amide bonds. The minimum absolute atomic E-state index is 0.560. The SMILES string of the molecule is COc1cccc(OC)c1-c1c(Cl)cccc1Cl. The number of hydrogen-bond acceptors (Lipinski definition) is 2. The predicted molar refractivity (Wildman–Crippen MR) is 75.0 cm³/mol. The third-order valence-corrected chi connectivity index (χ3v) is 3.27. The zero-order valence-corrected chi connectivity index (χ0v) is 11.5. The molecule has 0 unspecified atom stereocenters. The molecule has 0 fully saturated rings. The molecule has 2 rings (SSSR count). The second-order valence-corrected chi connectivity index (χ2v) is 4.45. The Balaban J connectivity index is 2.77. The molecule has 0 aliphatic rings. The molecule has 0 heterocycles. The molecule has 0 saturated carbocycles. The Bertz CT molecular complexity index is 525. The van der Waals surface area contributed by atoms with Crippen molar-refractivity contribution in [2.75, 3.05) is 14.2 Å². The number of rotatable bonds is 3. The fourth-order valence-electron chi connectivity index (χ4n) is 1.83. The van der Waals surface area contributed by atoms with Crippen LogP contribution in [0.15, 0.2) is 36.4 Å². The third kappa shape index (κ3) is 2.26. The van der Waals surface area contributed by atoms with Crippen molar-refractivity contribution in [2.24, 2.45) is 0 Å². The highest BCUT2D eigenvalue weighted by Crippen LogP contribution is 2.44. The van der Waals surface area contributed by atoms with Crippen molar-refractivity contribution in [1.29, 1.82) is 0 Å². The van der Waals surface area contributed by atoms with Gasteiger partial charge in [-0.3, -0.25) is 0 Å². The summed E-state index contributed by atoms with van der Waals surface area (Å²) in [7, 11) is 3.20. The molecule has 4 heteroatoms. The Labute approximate surface area is 116 Å². The van der Waals surface area contributed by atoms with Crippen molar-refractivity contribution in [3.05, 3.63) is 46.4 Å². The van der Waals surface area contributed by atoms with Crippen LogP contribution in [0.25, 0.3) is 11.1 Å². The van der Waals surface area contributed by atoms with Crippen LogP contribution in [-0.4, -0.2) is 14.2 Å². The maximum Gasteiger partial charge on any atom is 0.130 e. The fourth-order valence-corrected chi connectivity index (χ4v) is 2.42. The van der Waals surface area contributed by atoms with Gasteiger partial charge in [-0.15, -0.1) is 0 Å². The average Bonchev–Trinajstić information content (AvgIpc) is 2.38. The van der Waals surface area contributed by atoms with Gasteiger partial charge in [0.25, 0.3) is 0 Å². The van der Waals surface area contributed by atoms with E-state index in [-0.39, 0.29) is 0 Å². The Morgan fingerprint density at radius 3 is 1.61 bits per heavy atom. The van der Waals surface area contributed by atoms with Crippen LogP contribution < -0.4 is 9.47 Å². The molecule has 2 nitrogen and oxygen atoms in total. The lowest BCUT2D eigenvalue weighted by Gasteiger charge is -2.15. The van der Waals surface area contributed by atoms with Gasteiger partial charge in [0.2, 0.25) is 0 Å². The highest BCUT2D eigenvalue weighted by Gasteiger charge is 2.17. The quantitative estimate of drug-likeness (QED) is 0.814. The first-order valence-corrected chi connectivity index (χ1v) is 6.10. The van der Waals surface area contributed by atoms with E-state index in [4.69, 9.17) is 32.7 Å². The maximum atomic E-state index is 6.23. The van der Waals surface area contributed by atoms with E-state index in [0.29, 0.717) is 21.5 Å². The van der Waals surface area contributed by atoms with E-state index < -0.39 is 0 Å². The van der Waals surface area contributed by atoms with E-state index in [9.17, 15) is 0 Å². The summed E-state index contributed by atoms with van der Waals surface area (Å²) in [4.78, 5) is 0. The van der Waals surface area contributed by atoms with Crippen LogP contribution in [0, 0.1) is 0 Å². The third-order valence-electron chi connectivity index (χ3n) is 2.64. The largest absolute Gasteiger partial charge is 0.496 e. The van der Waals surface area contributed by atoms with Crippen molar-refractivity contribution in [1.82, 2.24) is 0 Å². The van der Waals surface area contributed by atoms with Crippen molar-refractivity contribution in [3.8, 4) is 22.6 Å². The predicted octanol–water partition coefficient (Wildman–Crippen LogP) is 4.68. The molecule has 18 heavy (non-hydrogen) atoms. The van der Waals surface area contributed by atoms with Crippen molar-refractivity contribution in [3.63, 3.8) is 0 Å². The standard InChI is InChI=1S/C14H12Cl2O2/c1-17-11-7-4-8-12(18-2)14(11)13-9(15)5-3-6-10(13)16/h3-8H,1-2H3. The summed E-state index contributed by atoms with van der Waals surface area (Å²) < 4.78 is 10.7.